The van der Waals surface area contributed by atoms with Crippen molar-refractivity contribution in [1.29, 1.82) is 0 Å². The zero-order valence-electron chi connectivity index (χ0n) is 18.8. The first-order chi connectivity index (χ1) is 16.6. The van der Waals surface area contributed by atoms with Gasteiger partial charge in [0.05, 0.1) is 29.1 Å². The second-order valence-electron chi connectivity index (χ2n) is 9.87. The number of aromatic nitrogens is 1. The Morgan fingerprint density at radius 1 is 1.03 bits per heavy atom. The van der Waals surface area contributed by atoms with Crippen LogP contribution in [0.1, 0.15) is 31.2 Å². The lowest BCUT2D eigenvalue weighted by molar-refractivity contribution is -0.132. The summed E-state index contributed by atoms with van der Waals surface area (Å²) in [6.45, 7) is 2.61. The third-order valence-corrected chi connectivity index (χ3v) is 8.20. The monoisotopic (exact) mass is 471 g/mol. The summed E-state index contributed by atoms with van der Waals surface area (Å²) in [5, 5.41) is 0. The van der Waals surface area contributed by atoms with Crippen molar-refractivity contribution in [2.45, 2.75) is 31.2 Å². The Labute approximate surface area is 201 Å². The Balaban J connectivity index is 1.12. The second-order valence-corrected chi connectivity index (χ2v) is 10.8. The number of hydrogen-bond acceptors (Lipinski definition) is 6. The summed E-state index contributed by atoms with van der Waals surface area (Å²) in [6.07, 6.45) is 3.69. The maximum atomic E-state index is 13.3. The van der Waals surface area contributed by atoms with Crippen molar-refractivity contribution in [2.75, 3.05) is 26.4 Å². The van der Waals surface area contributed by atoms with Gasteiger partial charge in [-0.05, 0) is 48.9 Å². The van der Waals surface area contributed by atoms with E-state index in [4.69, 9.17) is 4.99 Å². The van der Waals surface area contributed by atoms with Gasteiger partial charge in [0.2, 0.25) is 5.91 Å². The molecule has 0 bridgehead atoms. The zero-order chi connectivity index (χ0) is 22.9. The van der Waals surface area contributed by atoms with E-state index in [1.807, 2.05) is 15.3 Å². The summed E-state index contributed by atoms with van der Waals surface area (Å²) >= 11 is 1.65. The number of aliphatic imine (C=N–C) groups is 1. The van der Waals surface area contributed by atoms with Gasteiger partial charge >= 0.3 is 0 Å². The van der Waals surface area contributed by atoms with Gasteiger partial charge < -0.3 is 4.90 Å². The van der Waals surface area contributed by atoms with Gasteiger partial charge in [0.25, 0.3) is 5.91 Å². The molecular formula is C26H25N5O2S. The van der Waals surface area contributed by atoms with E-state index in [1.54, 1.807) is 11.3 Å². The SMILES string of the molecule is O=C(C1CC1)N1CCN(CN2C(=O)C3(CC3)N=C2c2ccc(-c3ccc4scnc4c3)cc2)C1. The summed E-state index contributed by atoms with van der Waals surface area (Å²) in [7, 11) is 0. The van der Waals surface area contributed by atoms with Crippen molar-refractivity contribution in [1.82, 2.24) is 19.7 Å². The van der Waals surface area contributed by atoms with Gasteiger partial charge in [-0.25, -0.2) is 4.98 Å². The molecule has 0 atom stereocenters. The molecule has 1 spiro atoms. The number of fused-ring (bicyclic) bond motifs is 1. The molecule has 2 amide bonds. The van der Waals surface area contributed by atoms with Crippen LogP contribution in [0.4, 0.5) is 0 Å². The van der Waals surface area contributed by atoms with E-state index in [1.165, 1.54) is 4.70 Å². The van der Waals surface area contributed by atoms with Crippen LogP contribution in [0.2, 0.25) is 0 Å². The molecular weight excluding hydrogens is 446 g/mol. The fourth-order valence-corrected chi connectivity index (χ4v) is 5.69. The summed E-state index contributed by atoms with van der Waals surface area (Å²) in [5.74, 6) is 1.37. The average molecular weight is 472 g/mol. The molecule has 2 aromatic carbocycles. The Hall–Kier alpha value is -3.10. The van der Waals surface area contributed by atoms with Crippen molar-refractivity contribution >= 4 is 39.2 Å². The quantitative estimate of drug-likeness (QED) is 0.571. The maximum absolute atomic E-state index is 13.3. The molecule has 3 heterocycles. The van der Waals surface area contributed by atoms with Gasteiger partial charge in [0.1, 0.15) is 11.4 Å². The largest absolute Gasteiger partial charge is 0.328 e. The van der Waals surface area contributed by atoms with Crippen LogP contribution in [0.15, 0.2) is 53.0 Å². The van der Waals surface area contributed by atoms with Crippen LogP contribution in [-0.2, 0) is 9.59 Å². The third kappa shape index (κ3) is 3.35. The number of amides is 2. The lowest BCUT2D eigenvalue weighted by Crippen LogP contribution is -2.44. The molecule has 2 saturated carbocycles. The number of thiazole rings is 1. The van der Waals surface area contributed by atoms with Crippen molar-refractivity contribution in [3.63, 3.8) is 0 Å². The van der Waals surface area contributed by atoms with Crippen LogP contribution in [0.25, 0.3) is 21.3 Å². The molecule has 7 rings (SSSR count). The smallest absolute Gasteiger partial charge is 0.257 e. The maximum Gasteiger partial charge on any atom is 0.257 e. The Kier molecular flexibility index (Phi) is 4.45. The molecule has 3 fully saturated rings. The van der Waals surface area contributed by atoms with Crippen LogP contribution in [-0.4, -0.2) is 69.3 Å². The summed E-state index contributed by atoms with van der Waals surface area (Å²) in [5.41, 5.74) is 5.54. The lowest BCUT2D eigenvalue weighted by Gasteiger charge is -2.26. The van der Waals surface area contributed by atoms with E-state index in [9.17, 15) is 9.59 Å². The molecule has 3 aromatic rings. The van der Waals surface area contributed by atoms with E-state index in [0.29, 0.717) is 13.3 Å². The highest BCUT2D eigenvalue weighted by molar-refractivity contribution is 7.16. The van der Waals surface area contributed by atoms with E-state index in [-0.39, 0.29) is 17.7 Å². The molecule has 0 radical (unpaired) electrons. The van der Waals surface area contributed by atoms with Crippen LogP contribution in [0, 0.1) is 5.92 Å². The highest BCUT2D eigenvalue weighted by Gasteiger charge is 2.57. The minimum atomic E-state index is -0.549. The molecule has 2 aliphatic heterocycles. The third-order valence-electron chi connectivity index (χ3n) is 7.39. The molecule has 1 aromatic heterocycles. The molecule has 1 saturated heterocycles. The van der Waals surface area contributed by atoms with Gasteiger partial charge in [-0.2, -0.15) is 0 Å². The van der Waals surface area contributed by atoms with E-state index >= 15 is 0 Å². The van der Waals surface area contributed by atoms with Gasteiger partial charge in [-0.3, -0.25) is 24.4 Å². The van der Waals surface area contributed by atoms with Crippen LogP contribution in [0.5, 0.6) is 0 Å². The Morgan fingerprint density at radius 2 is 1.79 bits per heavy atom. The first kappa shape index (κ1) is 20.3. The minimum absolute atomic E-state index is 0.104. The summed E-state index contributed by atoms with van der Waals surface area (Å²) in [4.78, 5) is 41.0. The Bertz CT molecular complexity index is 1340. The van der Waals surface area contributed by atoms with Gasteiger partial charge in [0, 0.05) is 24.6 Å². The number of benzene rings is 2. The number of rotatable bonds is 5. The van der Waals surface area contributed by atoms with Crippen LogP contribution < -0.4 is 0 Å². The number of carbonyl (C=O) groups excluding carboxylic acids is 2. The van der Waals surface area contributed by atoms with E-state index in [2.05, 4.69) is 52.3 Å². The number of nitrogens with zero attached hydrogens (tertiary/aromatic N) is 5. The normalized spacial score (nSPS) is 21.6. The summed E-state index contributed by atoms with van der Waals surface area (Å²) in [6, 6.07) is 14.7. The van der Waals surface area contributed by atoms with Crippen LogP contribution in [0.3, 0.4) is 0 Å². The van der Waals surface area contributed by atoms with Crippen molar-refractivity contribution < 1.29 is 9.59 Å². The molecule has 0 unspecified atom stereocenters. The topological polar surface area (TPSA) is 69.1 Å². The van der Waals surface area contributed by atoms with E-state index in [0.717, 1.165) is 66.8 Å². The molecule has 172 valence electrons. The number of hydrogen-bond donors (Lipinski definition) is 0. The molecule has 2 aliphatic carbocycles. The van der Waals surface area contributed by atoms with Gasteiger partial charge in [0.15, 0.2) is 0 Å². The van der Waals surface area contributed by atoms with Gasteiger partial charge in [-0.15, -0.1) is 11.3 Å². The predicted molar refractivity (Wildman–Crippen MR) is 131 cm³/mol. The van der Waals surface area contributed by atoms with Crippen molar-refractivity contribution in [2.24, 2.45) is 10.9 Å². The van der Waals surface area contributed by atoms with Crippen molar-refractivity contribution in [3.8, 4) is 11.1 Å². The first-order valence-electron chi connectivity index (χ1n) is 12.0. The highest BCUT2D eigenvalue weighted by Crippen LogP contribution is 2.46. The van der Waals surface area contributed by atoms with Crippen molar-refractivity contribution in [3.05, 3.63) is 53.5 Å². The molecule has 7 nitrogen and oxygen atoms in total. The minimum Gasteiger partial charge on any atom is -0.328 e. The van der Waals surface area contributed by atoms with Gasteiger partial charge in [-0.1, -0.05) is 30.3 Å². The standard InChI is InChI=1S/C26H25N5O2S/c32-24(19-5-6-19)30-12-11-29(15-30)16-31-23(28-26(9-10-26)25(31)33)18-3-1-17(2-4-18)20-7-8-22-21(13-20)27-14-34-22/h1-4,7-8,13-14,19H,5-6,9-12,15-16H2. The number of amidine groups is 1. The average Bonchev–Trinajstić information content (AvgIpc) is 3.74. The van der Waals surface area contributed by atoms with E-state index < -0.39 is 5.54 Å². The fourth-order valence-electron chi connectivity index (χ4n) is 5.03. The predicted octanol–water partition coefficient (Wildman–Crippen LogP) is 3.55. The second kappa shape index (κ2) is 7.45. The van der Waals surface area contributed by atoms with Crippen LogP contribution >= 0.6 is 11.3 Å². The highest BCUT2D eigenvalue weighted by atomic mass is 32.1. The zero-order valence-corrected chi connectivity index (χ0v) is 19.6. The molecule has 0 N–H and O–H groups in total. The first-order valence-corrected chi connectivity index (χ1v) is 12.8. The molecule has 4 aliphatic rings. The lowest BCUT2D eigenvalue weighted by atomic mass is 10.0. The summed E-state index contributed by atoms with van der Waals surface area (Å²) < 4.78 is 1.18. The molecule has 8 heteroatoms. The fraction of sp³-hybridized carbons (Fsp3) is 0.385. The number of carbonyl (C=O) groups is 2. The molecule has 34 heavy (non-hydrogen) atoms. The Morgan fingerprint density at radius 3 is 2.56 bits per heavy atom.